The lowest BCUT2D eigenvalue weighted by atomic mass is 10.2. The van der Waals surface area contributed by atoms with Gasteiger partial charge in [-0.15, -0.1) is 0 Å². The van der Waals surface area contributed by atoms with Crippen molar-refractivity contribution in [1.29, 1.82) is 0 Å². The number of carbonyl (C=O) groups excluding carboxylic acids is 1. The number of hydrogen-bond donors (Lipinski definition) is 1. The quantitative estimate of drug-likeness (QED) is 0.464. The van der Waals surface area contributed by atoms with Gasteiger partial charge in [0.05, 0.1) is 17.7 Å². The molecule has 138 valence electrons. The topological polar surface area (TPSA) is 112 Å². The minimum Gasteiger partial charge on any atom is -0.494 e. The molecule has 0 aliphatic heterocycles. The van der Waals surface area contributed by atoms with Gasteiger partial charge in [-0.25, -0.2) is 5.43 Å². The lowest BCUT2D eigenvalue weighted by Crippen LogP contribution is -2.28. The molecule has 0 saturated heterocycles. The fourth-order valence-corrected chi connectivity index (χ4v) is 2.49. The molecule has 1 aromatic heterocycles. The summed E-state index contributed by atoms with van der Waals surface area (Å²) in [6, 6.07) is 6.51. The predicted molar refractivity (Wildman–Crippen MR) is 96.4 cm³/mol. The maximum absolute atomic E-state index is 12.2. The minimum absolute atomic E-state index is 0.0810. The number of rotatable bonds is 7. The summed E-state index contributed by atoms with van der Waals surface area (Å²) < 4.78 is 6.68. The molecule has 2 rings (SSSR count). The lowest BCUT2D eigenvalue weighted by molar-refractivity contribution is -0.386. The molecule has 0 spiro atoms. The summed E-state index contributed by atoms with van der Waals surface area (Å²) in [4.78, 5) is 22.8. The third-order valence-electron chi connectivity index (χ3n) is 3.80. The Labute approximate surface area is 150 Å². The molecule has 1 heterocycles. The van der Waals surface area contributed by atoms with Gasteiger partial charge < -0.3 is 4.74 Å². The first-order valence-electron chi connectivity index (χ1n) is 8.11. The van der Waals surface area contributed by atoms with Crippen molar-refractivity contribution in [3.8, 4) is 5.75 Å². The van der Waals surface area contributed by atoms with Crippen molar-refractivity contribution in [3.05, 3.63) is 51.3 Å². The predicted octanol–water partition coefficient (Wildman–Crippen LogP) is 2.52. The number of nitro groups is 1. The third kappa shape index (κ3) is 4.24. The Hall–Kier alpha value is -3.23. The van der Waals surface area contributed by atoms with E-state index in [1.807, 2.05) is 31.2 Å². The van der Waals surface area contributed by atoms with Gasteiger partial charge in [-0.05, 0) is 57.5 Å². The summed E-state index contributed by atoms with van der Waals surface area (Å²) in [5, 5.41) is 19.1. The van der Waals surface area contributed by atoms with Crippen molar-refractivity contribution < 1.29 is 14.5 Å². The number of ether oxygens (including phenoxy) is 1. The van der Waals surface area contributed by atoms with Crippen molar-refractivity contribution in [3.63, 3.8) is 0 Å². The second kappa shape index (κ2) is 8.24. The number of hydrogen-bond acceptors (Lipinski definition) is 6. The first-order chi connectivity index (χ1) is 12.3. The maximum Gasteiger partial charge on any atom is 0.312 e. The summed E-state index contributed by atoms with van der Waals surface area (Å²) in [6.07, 6.45) is 1.50. The Morgan fingerprint density at radius 2 is 2.08 bits per heavy atom. The Kier molecular flexibility index (Phi) is 6.05. The van der Waals surface area contributed by atoms with Gasteiger partial charge in [-0.1, -0.05) is 0 Å². The monoisotopic (exact) mass is 359 g/mol. The molecule has 0 bridgehead atoms. The van der Waals surface area contributed by atoms with E-state index in [0.717, 1.165) is 11.3 Å². The Morgan fingerprint density at radius 3 is 2.62 bits per heavy atom. The van der Waals surface area contributed by atoms with E-state index in [0.29, 0.717) is 12.3 Å². The summed E-state index contributed by atoms with van der Waals surface area (Å²) in [7, 11) is 0. The molecule has 0 aliphatic carbocycles. The largest absolute Gasteiger partial charge is 0.494 e. The van der Waals surface area contributed by atoms with Crippen molar-refractivity contribution in [2.75, 3.05) is 6.61 Å². The van der Waals surface area contributed by atoms with Crippen LogP contribution in [0.1, 0.15) is 36.8 Å². The van der Waals surface area contributed by atoms with E-state index in [4.69, 9.17) is 4.74 Å². The van der Waals surface area contributed by atoms with Gasteiger partial charge in [-0.2, -0.15) is 10.2 Å². The van der Waals surface area contributed by atoms with Crippen LogP contribution in [-0.4, -0.2) is 33.4 Å². The summed E-state index contributed by atoms with van der Waals surface area (Å²) >= 11 is 0. The van der Waals surface area contributed by atoms with E-state index in [1.54, 1.807) is 13.8 Å². The van der Waals surface area contributed by atoms with Crippen LogP contribution in [0, 0.1) is 24.0 Å². The van der Waals surface area contributed by atoms with Gasteiger partial charge >= 0.3 is 5.69 Å². The first kappa shape index (κ1) is 19.1. The molecule has 1 unspecified atom stereocenters. The number of hydrazone groups is 1. The van der Waals surface area contributed by atoms with Crippen LogP contribution in [0.25, 0.3) is 0 Å². The van der Waals surface area contributed by atoms with Crippen molar-refractivity contribution >= 4 is 17.8 Å². The van der Waals surface area contributed by atoms with E-state index >= 15 is 0 Å². The highest BCUT2D eigenvalue weighted by Gasteiger charge is 2.26. The van der Waals surface area contributed by atoms with Gasteiger partial charge in [0.15, 0.2) is 0 Å². The molecular weight excluding hydrogens is 338 g/mol. The number of amides is 1. The number of aryl methyl sites for hydroxylation is 1. The SMILES string of the molecule is CCOc1ccc(/C=N/NC(=O)C(C)n2nc(C)c([N+](=O)[O-])c2C)cc1. The lowest BCUT2D eigenvalue weighted by Gasteiger charge is -2.11. The van der Waals surface area contributed by atoms with E-state index in [9.17, 15) is 14.9 Å². The Balaban J connectivity index is 2.03. The molecule has 1 atom stereocenters. The molecule has 2 aromatic rings. The minimum atomic E-state index is -0.736. The van der Waals surface area contributed by atoms with Crippen LogP contribution >= 0.6 is 0 Å². The number of benzene rings is 1. The van der Waals surface area contributed by atoms with E-state index in [2.05, 4.69) is 15.6 Å². The van der Waals surface area contributed by atoms with Crippen molar-refractivity contribution in [2.24, 2.45) is 5.10 Å². The standard InChI is InChI=1S/C17H21N5O4/c1-5-26-15-8-6-14(7-9-15)10-18-19-17(23)13(4)21-12(3)16(22(24)25)11(2)20-21/h6-10,13H,5H2,1-4H3,(H,19,23)/b18-10+. The molecule has 9 heteroatoms. The molecule has 1 aromatic carbocycles. The zero-order chi connectivity index (χ0) is 19.3. The third-order valence-corrected chi connectivity index (χ3v) is 3.80. The van der Waals surface area contributed by atoms with Gasteiger partial charge in [-0.3, -0.25) is 19.6 Å². The smallest absolute Gasteiger partial charge is 0.312 e. The van der Waals surface area contributed by atoms with Crippen LogP contribution in [0.3, 0.4) is 0 Å². The molecule has 1 amide bonds. The Bertz CT molecular complexity index is 826. The number of aromatic nitrogens is 2. The van der Waals surface area contributed by atoms with Gasteiger partial charge in [0.1, 0.15) is 23.2 Å². The van der Waals surface area contributed by atoms with Gasteiger partial charge in [0.2, 0.25) is 0 Å². The van der Waals surface area contributed by atoms with E-state index < -0.39 is 16.9 Å². The zero-order valence-corrected chi connectivity index (χ0v) is 15.1. The zero-order valence-electron chi connectivity index (χ0n) is 15.1. The highest BCUT2D eigenvalue weighted by molar-refractivity contribution is 5.84. The summed E-state index contributed by atoms with van der Waals surface area (Å²) in [6.45, 7) is 7.20. The normalized spacial score (nSPS) is 12.2. The van der Waals surface area contributed by atoms with Gasteiger partial charge in [0.25, 0.3) is 5.91 Å². The highest BCUT2D eigenvalue weighted by Crippen LogP contribution is 2.24. The fourth-order valence-electron chi connectivity index (χ4n) is 2.49. The average Bonchev–Trinajstić information content (AvgIpc) is 2.90. The van der Waals surface area contributed by atoms with E-state index in [-0.39, 0.29) is 11.4 Å². The highest BCUT2D eigenvalue weighted by atomic mass is 16.6. The number of carbonyl (C=O) groups is 1. The molecule has 9 nitrogen and oxygen atoms in total. The molecule has 0 saturated carbocycles. The molecule has 0 radical (unpaired) electrons. The Morgan fingerprint density at radius 1 is 1.42 bits per heavy atom. The summed E-state index contributed by atoms with van der Waals surface area (Å²) in [5.41, 5.74) is 3.73. The van der Waals surface area contributed by atoms with Crippen LogP contribution < -0.4 is 10.2 Å². The van der Waals surface area contributed by atoms with Crippen LogP contribution in [0.15, 0.2) is 29.4 Å². The second-order valence-corrected chi connectivity index (χ2v) is 5.63. The van der Waals surface area contributed by atoms with Crippen LogP contribution in [0.4, 0.5) is 5.69 Å². The van der Waals surface area contributed by atoms with E-state index in [1.165, 1.54) is 17.8 Å². The van der Waals surface area contributed by atoms with Crippen molar-refractivity contribution in [1.82, 2.24) is 15.2 Å². The second-order valence-electron chi connectivity index (χ2n) is 5.63. The molecule has 0 fully saturated rings. The molecular formula is C17H21N5O4. The molecule has 1 N–H and O–H groups in total. The summed E-state index contributed by atoms with van der Waals surface area (Å²) in [5.74, 6) is 0.334. The first-order valence-corrected chi connectivity index (χ1v) is 8.11. The van der Waals surface area contributed by atoms with Crippen LogP contribution in [-0.2, 0) is 4.79 Å². The molecule has 0 aliphatic rings. The molecule has 26 heavy (non-hydrogen) atoms. The fraction of sp³-hybridized carbons (Fsp3) is 0.353. The van der Waals surface area contributed by atoms with Gasteiger partial charge in [0, 0.05) is 0 Å². The van der Waals surface area contributed by atoms with Crippen molar-refractivity contribution in [2.45, 2.75) is 33.7 Å². The maximum atomic E-state index is 12.2. The average molecular weight is 359 g/mol. The van der Waals surface area contributed by atoms with Crippen LogP contribution in [0.5, 0.6) is 5.75 Å². The van der Waals surface area contributed by atoms with Crippen LogP contribution in [0.2, 0.25) is 0 Å². The number of nitrogens with one attached hydrogen (secondary N) is 1. The number of nitrogens with zero attached hydrogens (tertiary/aromatic N) is 4.